The Kier molecular flexibility index (Phi) is 2.45. The van der Waals surface area contributed by atoms with Crippen LogP contribution in [0.2, 0.25) is 0 Å². The lowest BCUT2D eigenvalue weighted by Gasteiger charge is -2.07. The number of ether oxygens (including phenoxy) is 3. The first-order valence-corrected chi connectivity index (χ1v) is 3.21. The van der Waals surface area contributed by atoms with Crippen molar-refractivity contribution < 1.29 is 14.2 Å². The summed E-state index contributed by atoms with van der Waals surface area (Å²) in [6.07, 6.45) is 0.182. The zero-order chi connectivity index (χ0) is 6.69. The molecular formula is C6H12O3. The standard InChI is InChI=1S/C6H12O3/c1-3-7-6-8-4-5(2)9-6/h5-6H,3-4H2,1-2H3/t5-,6?/m1/s1. The Morgan fingerprint density at radius 1 is 1.67 bits per heavy atom. The third-order valence-electron chi connectivity index (χ3n) is 1.11. The van der Waals surface area contributed by atoms with Gasteiger partial charge in [-0.2, -0.15) is 0 Å². The molecule has 1 aliphatic rings. The molecule has 0 amide bonds. The van der Waals surface area contributed by atoms with Gasteiger partial charge in [-0.1, -0.05) is 0 Å². The van der Waals surface area contributed by atoms with Crippen LogP contribution < -0.4 is 0 Å². The third kappa shape index (κ3) is 1.93. The van der Waals surface area contributed by atoms with Crippen LogP contribution in [0.3, 0.4) is 0 Å². The molecule has 0 bridgehead atoms. The first-order chi connectivity index (χ1) is 4.33. The van der Waals surface area contributed by atoms with Crippen molar-refractivity contribution in [2.24, 2.45) is 0 Å². The minimum Gasteiger partial charge on any atom is -0.330 e. The maximum Gasteiger partial charge on any atom is 0.272 e. The van der Waals surface area contributed by atoms with Crippen molar-refractivity contribution in [1.29, 1.82) is 0 Å². The van der Waals surface area contributed by atoms with Gasteiger partial charge in [-0.15, -0.1) is 0 Å². The van der Waals surface area contributed by atoms with Gasteiger partial charge in [-0.05, 0) is 13.8 Å². The highest BCUT2D eigenvalue weighted by atomic mass is 16.9. The number of hydrogen-bond acceptors (Lipinski definition) is 3. The van der Waals surface area contributed by atoms with Gasteiger partial charge in [0, 0.05) is 6.61 Å². The maximum absolute atomic E-state index is 5.16. The highest BCUT2D eigenvalue weighted by molar-refractivity contribution is 4.52. The Morgan fingerprint density at radius 3 is 2.89 bits per heavy atom. The van der Waals surface area contributed by atoms with E-state index in [1.807, 2.05) is 13.8 Å². The second kappa shape index (κ2) is 3.15. The smallest absolute Gasteiger partial charge is 0.272 e. The van der Waals surface area contributed by atoms with Crippen molar-refractivity contribution in [2.75, 3.05) is 13.2 Å². The van der Waals surface area contributed by atoms with Crippen molar-refractivity contribution >= 4 is 0 Å². The van der Waals surface area contributed by atoms with Crippen molar-refractivity contribution in [3.63, 3.8) is 0 Å². The lowest BCUT2D eigenvalue weighted by molar-refractivity contribution is -0.233. The summed E-state index contributed by atoms with van der Waals surface area (Å²) < 4.78 is 15.2. The molecule has 1 unspecified atom stereocenters. The Labute approximate surface area is 54.9 Å². The van der Waals surface area contributed by atoms with Crippen LogP contribution in [-0.2, 0) is 14.2 Å². The molecule has 0 radical (unpaired) electrons. The average molecular weight is 132 g/mol. The van der Waals surface area contributed by atoms with E-state index in [1.54, 1.807) is 0 Å². The fourth-order valence-electron chi connectivity index (χ4n) is 0.706. The Hall–Kier alpha value is -0.120. The number of hydrogen-bond donors (Lipinski definition) is 0. The van der Waals surface area contributed by atoms with Crippen LogP contribution in [0, 0.1) is 0 Å². The van der Waals surface area contributed by atoms with Crippen molar-refractivity contribution in [1.82, 2.24) is 0 Å². The van der Waals surface area contributed by atoms with Crippen molar-refractivity contribution in [2.45, 2.75) is 26.4 Å². The summed E-state index contributed by atoms with van der Waals surface area (Å²) in [5.41, 5.74) is 0. The fourth-order valence-corrected chi connectivity index (χ4v) is 0.706. The summed E-state index contributed by atoms with van der Waals surface area (Å²) in [4.78, 5) is 0. The predicted molar refractivity (Wildman–Crippen MR) is 31.9 cm³/mol. The molecule has 3 heteroatoms. The van der Waals surface area contributed by atoms with Crippen molar-refractivity contribution in [3.05, 3.63) is 0 Å². The molecule has 1 saturated heterocycles. The van der Waals surface area contributed by atoms with E-state index in [0.29, 0.717) is 13.2 Å². The van der Waals surface area contributed by atoms with Gasteiger partial charge in [0.25, 0.3) is 6.48 Å². The molecule has 1 heterocycles. The molecule has 1 rings (SSSR count). The molecule has 54 valence electrons. The number of rotatable bonds is 2. The van der Waals surface area contributed by atoms with E-state index < -0.39 is 6.48 Å². The second-order valence-electron chi connectivity index (χ2n) is 2.02. The second-order valence-corrected chi connectivity index (χ2v) is 2.02. The van der Waals surface area contributed by atoms with Gasteiger partial charge in [0.2, 0.25) is 0 Å². The van der Waals surface area contributed by atoms with Crippen LogP contribution in [-0.4, -0.2) is 25.8 Å². The van der Waals surface area contributed by atoms with Gasteiger partial charge in [0.1, 0.15) is 0 Å². The van der Waals surface area contributed by atoms with E-state index in [2.05, 4.69) is 0 Å². The van der Waals surface area contributed by atoms with E-state index in [1.165, 1.54) is 0 Å². The summed E-state index contributed by atoms with van der Waals surface area (Å²) in [5.74, 6) is 0. The molecule has 0 spiro atoms. The minimum atomic E-state index is -0.412. The SMILES string of the molecule is CCOC1OC[C@@H](C)O1. The van der Waals surface area contributed by atoms with Crippen LogP contribution in [0.5, 0.6) is 0 Å². The molecule has 1 fully saturated rings. The van der Waals surface area contributed by atoms with Crippen LogP contribution in [0.4, 0.5) is 0 Å². The summed E-state index contributed by atoms with van der Waals surface area (Å²) in [6, 6.07) is 0. The van der Waals surface area contributed by atoms with Crippen LogP contribution >= 0.6 is 0 Å². The molecule has 1 aliphatic heterocycles. The average Bonchev–Trinajstić information content (AvgIpc) is 2.17. The Morgan fingerprint density at radius 2 is 2.44 bits per heavy atom. The van der Waals surface area contributed by atoms with Crippen LogP contribution in [0.25, 0.3) is 0 Å². The van der Waals surface area contributed by atoms with Crippen molar-refractivity contribution in [3.8, 4) is 0 Å². The molecule has 0 aromatic rings. The molecule has 9 heavy (non-hydrogen) atoms. The quantitative estimate of drug-likeness (QED) is 0.554. The van der Waals surface area contributed by atoms with Gasteiger partial charge < -0.3 is 14.2 Å². The van der Waals surface area contributed by atoms with Gasteiger partial charge in [-0.3, -0.25) is 0 Å². The first kappa shape index (κ1) is 6.99. The molecule has 0 N–H and O–H groups in total. The highest BCUT2D eigenvalue weighted by Crippen LogP contribution is 2.10. The molecule has 3 nitrogen and oxygen atoms in total. The van der Waals surface area contributed by atoms with E-state index in [0.717, 1.165) is 0 Å². The van der Waals surface area contributed by atoms with E-state index in [9.17, 15) is 0 Å². The fraction of sp³-hybridized carbons (Fsp3) is 1.00. The minimum absolute atomic E-state index is 0.182. The monoisotopic (exact) mass is 132 g/mol. The summed E-state index contributed by atoms with van der Waals surface area (Å²) >= 11 is 0. The highest BCUT2D eigenvalue weighted by Gasteiger charge is 2.21. The third-order valence-corrected chi connectivity index (χ3v) is 1.11. The molecule has 0 aromatic carbocycles. The molecular weight excluding hydrogens is 120 g/mol. The van der Waals surface area contributed by atoms with Gasteiger partial charge >= 0.3 is 0 Å². The van der Waals surface area contributed by atoms with Gasteiger partial charge in [0.15, 0.2) is 0 Å². The van der Waals surface area contributed by atoms with E-state index >= 15 is 0 Å². The van der Waals surface area contributed by atoms with Crippen LogP contribution in [0.1, 0.15) is 13.8 Å². The molecule has 0 aliphatic carbocycles. The zero-order valence-corrected chi connectivity index (χ0v) is 5.79. The lowest BCUT2D eigenvalue weighted by atomic mass is 10.5. The van der Waals surface area contributed by atoms with E-state index in [4.69, 9.17) is 14.2 Å². The predicted octanol–water partition coefficient (Wildman–Crippen LogP) is 0.742. The molecule has 0 saturated carbocycles. The topological polar surface area (TPSA) is 27.7 Å². The zero-order valence-electron chi connectivity index (χ0n) is 5.79. The van der Waals surface area contributed by atoms with Gasteiger partial charge in [0.05, 0.1) is 12.7 Å². The summed E-state index contributed by atoms with van der Waals surface area (Å²) in [5, 5.41) is 0. The largest absolute Gasteiger partial charge is 0.330 e. The molecule has 2 atom stereocenters. The summed E-state index contributed by atoms with van der Waals surface area (Å²) in [6.45, 7) is 4.74. The van der Waals surface area contributed by atoms with Gasteiger partial charge in [-0.25, -0.2) is 0 Å². The van der Waals surface area contributed by atoms with Crippen LogP contribution in [0.15, 0.2) is 0 Å². The first-order valence-electron chi connectivity index (χ1n) is 3.21. The normalized spacial score (nSPS) is 35.3. The Bertz CT molecular complexity index is 82.4. The lowest BCUT2D eigenvalue weighted by Crippen LogP contribution is -2.13. The molecule has 0 aromatic heterocycles. The van der Waals surface area contributed by atoms with E-state index in [-0.39, 0.29) is 6.10 Å². The maximum atomic E-state index is 5.16. The Balaban J connectivity index is 2.14. The summed E-state index contributed by atoms with van der Waals surface area (Å²) in [7, 11) is 0.